The summed E-state index contributed by atoms with van der Waals surface area (Å²) in [5.74, 6) is 1.87. The van der Waals surface area contributed by atoms with E-state index < -0.39 is 0 Å². The summed E-state index contributed by atoms with van der Waals surface area (Å²) in [6.07, 6.45) is 9.87. The predicted octanol–water partition coefficient (Wildman–Crippen LogP) is 4.05. The van der Waals surface area contributed by atoms with E-state index in [-0.39, 0.29) is 0 Å². The van der Waals surface area contributed by atoms with Gasteiger partial charge in [-0.1, -0.05) is 26.7 Å². The van der Waals surface area contributed by atoms with Gasteiger partial charge in [0.05, 0.1) is 12.8 Å². The molecule has 0 atom stereocenters. The highest BCUT2D eigenvalue weighted by molar-refractivity contribution is 4.99. The smallest absolute Gasteiger partial charge is 0.117 e. The maximum absolute atomic E-state index is 5.48. The van der Waals surface area contributed by atoms with Gasteiger partial charge >= 0.3 is 0 Å². The summed E-state index contributed by atoms with van der Waals surface area (Å²) in [6, 6.07) is 4.91. The van der Waals surface area contributed by atoms with Crippen molar-refractivity contribution in [1.82, 2.24) is 10.2 Å². The van der Waals surface area contributed by atoms with Gasteiger partial charge in [0.1, 0.15) is 5.76 Å². The maximum Gasteiger partial charge on any atom is 0.117 e. The Labute approximate surface area is 130 Å². The first kappa shape index (κ1) is 16.6. The molecule has 0 radical (unpaired) electrons. The van der Waals surface area contributed by atoms with E-state index in [0.717, 1.165) is 30.8 Å². The largest absolute Gasteiger partial charge is 0.468 e. The molecule has 0 spiro atoms. The fourth-order valence-electron chi connectivity index (χ4n) is 2.74. The molecule has 0 bridgehead atoms. The zero-order chi connectivity index (χ0) is 14.9. The number of nitrogens with one attached hydrogen (secondary N) is 1. The summed E-state index contributed by atoms with van der Waals surface area (Å²) in [5.41, 5.74) is 0. The summed E-state index contributed by atoms with van der Waals surface area (Å²) in [6.45, 7) is 9.07. The highest BCUT2D eigenvalue weighted by Crippen LogP contribution is 2.28. The Bertz CT molecular complexity index is 357. The molecule has 3 nitrogen and oxygen atoms in total. The van der Waals surface area contributed by atoms with Crippen LogP contribution in [0, 0.1) is 5.92 Å². The summed E-state index contributed by atoms with van der Waals surface area (Å²) >= 11 is 0. The molecule has 21 heavy (non-hydrogen) atoms. The third-order valence-electron chi connectivity index (χ3n) is 4.10. The molecule has 0 aromatic carbocycles. The lowest BCUT2D eigenvalue weighted by atomic mass is 10.1. The number of hydrogen-bond acceptors (Lipinski definition) is 3. The van der Waals surface area contributed by atoms with Crippen LogP contribution in [0.5, 0.6) is 0 Å². The van der Waals surface area contributed by atoms with Crippen molar-refractivity contribution in [3.8, 4) is 0 Å². The molecule has 1 N–H and O–H groups in total. The third-order valence-corrected chi connectivity index (χ3v) is 4.10. The Kier molecular flexibility index (Phi) is 7.31. The molecule has 0 aliphatic heterocycles. The van der Waals surface area contributed by atoms with E-state index in [4.69, 9.17) is 4.42 Å². The molecule has 120 valence electrons. The first-order valence-corrected chi connectivity index (χ1v) is 8.73. The van der Waals surface area contributed by atoms with Gasteiger partial charge in [0.25, 0.3) is 0 Å². The van der Waals surface area contributed by atoms with E-state index >= 15 is 0 Å². The van der Waals surface area contributed by atoms with Gasteiger partial charge in [-0.3, -0.25) is 4.90 Å². The third kappa shape index (κ3) is 7.14. The second kappa shape index (κ2) is 9.26. The zero-order valence-electron chi connectivity index (χ0n) is 13.8. The van der Waals surface area contributed by atoms with Crippen LogP contribution in [0.4, 0.5) is 0 Å². The lowest BCUT2D eigenvalue weighted by Crippen LogP contribution is -2.26. The van der Waals surface area contributed by atoms with Crippen LogP contribution in [-0.2, 0) is 6.54 Å². The van der Waals surface area contributed by atoms with Gasteiger partial charge < -0.3 is 9.73 Å². The molecule has 1 aliphatic carbocycles. The SMILES string of the molecule is CC(C)CNCCCCCCN(Cc1ccco1)C1CC1. The zero-order valence-corrected chi connectivity index (χ0v) is 13.8. The van der Waals surface area contributed by atoms with Crippen LogP contribution in [-0.4, -0.2) is 30.6 Å². The predicted molar refractivity (Wildman–Crippen MR) is 88.3 cm³/mol. The van der Waals surface area contributed by atoms with Crippen LogP contribution < -0.4 is 5.32 Å². The molecule has 1 saturated carbocycles. The number of rotatable bonds is 12. The molecule has 0 amide bonds. The van der Waals surface area contributed by atoms with Crippen molar-refractivity contribution in [1.29, 1.82) is 0 Å². The summed E-state index contributed by atoms with van der Waals surface area (Å²) in [7, 11) is 0. The van der Waals surface area contributed by atoms with Crippen LogP contribution in [0.15, 0.2) is 22.8 Å². The lowest BCUT2D eigenvalue weighted by molar-refractivity contribution is 0.228. The Morgan fingerprint density at radius 3 is 2.71 bits per heavy atom. The Morgan fingerprint density at radius 1 is 1.24 bits per heavy atom. The first-order valence-electron chi connectivity index (χ1n) is 8.73. The van der Waals surface area contributed by atoms with Crippen LogP contribution in [0.1, 0.15) is 58.1 Å². The fraction of sp³-hybridized carbons (Fsp3) is 0.778. The molecule has 1 aromatic rings. The second-order valence-electron chi connectivity index (χ2n) is 6.79. The minimum Gasteiger partial charge on any atom is -0.468 e. The molecule has 0 saturated heterocycles. The molecular weight excluding hydrogens is 260 g/mol. The minimum absolute atomic E-state index is 0.763. The van der Waals surface area contributed by atoms with Crippen LogP contribution in [0.25, 0.3) is 0 Å². The van der Waals surface area contributed by atoms with Gasteiger partial charge in [-0.2, -0.15) is 0 Å². The van der Waals surface area contributed by atoms with Crippen molar-refractivity contribution < 1.29 is 4.42 Å². The monoisotopic (exact) mass is 292 g/mol. The van der Waals surface area contributed by atoms with Crippen LogP contribution in [0.2, 0.25) is 0 Å². The summed E-state index contributed by atoms with van der Waals surface area (Å²) in [4.78, 5) is 2.61. The van der Waals surface area contributed by atoms with E-state index in [2.05, 4.69) is 30.1 Å². The average Bonchev–Trinajstić information content (AvgIpc) is 3.18. The number of nitrogens with zero attached hydrogens (tertiary/aromatic N) is 1. The van der Waals surface area contributed by atoms with Crippen molar-refractivity contribution >= 4 is 0 Å². The minimum atomic E-state index is 0.763. The fourth-order valence-corrected chi connectivity index (χ4v) is 2.74. The van der Waals surface area contributed by atoms with Gasteiger partial charge in [-0.05, 0) is 63.4 Å². The molecular formula is C18H32N2O. The Morgan fingerprint density at radius 2 is 2.05 bits per heavy atom. The quantitative estimate of drug-likeness (QED) is 0.589. The lowest BCUT2D eigenvalue weighted by Gasteiger charge is -2.20. The molecule has 1 aliphatic rings. The van der Waals surface area contributed by atoms with Crippen molar-refractivity contribution in [2.45, 2.75) is 65.0 Å². The van der Waals surface area contributed by atoms with E-state index in [1.54, 1.807) is 6.26 Å². The van der Waals surface area contributed by atoms with Crippen LogP contribution in [0.3, 0.4) is 0 Å². The van der Waals surface area contributed by atoms with E-state index in [1.807, 2.05) is 6.07 Å². The topological polar surface area (TPSA) is 28.4 Å². The maximum atomic E-state index is 5.48. The molecule has 3 heteroatoms. The van der Waals surface area contributed by atoms with Gasteiger partial charge in [-0.25, -0.2) is 0 Å². The molecule has 1 aromatic heterocycles. The highest BCUT2D eigenvalue weighted by Gasteiger charge is 2.28. The second-order valence-corrected chi connectivity index (χ2v) is 6.79. The van der Waals surface area contributed by atoms with Gasteiger partial charge in [0, 0.05) is 6.04 Å². The van der Waals surface area contributed by atoms with Crippen LogP contribution >= 0.6 is 0 Å². The van der Waals surface area contributed by atoms with Crippen molar-refractivity contribution in [3.63, 3.8) is 0 Å². The highest BCUT2D eigenvalue weighted by atomic mass is 16.3. The van der Waals surface area contributed by atoms with Gasteiger partial charge in [-0.15, -0.1) is 0 Å². The Balaban J connectivity index is 1.50. The van der Waals surface area contributed by atoms with Crippen molar-refractivity contribution in [3.05, 3.63) is 24.2 Å². The van der Waals surface area contributed by atoms with E-state index in [1.165, 1.54) is 51.6 Å². The molecule has 0 unspecified atom stereocenters. The van der Waals surface area contributed by atoms with E-state index in [0.29, 0.717) is 0 Å². The van der Waals surface area contributed by atoms with E-state index in [9.17, 15) is 0 Å². The number of furan rings is 1. The van der Waals surface area contributed by atoms with Crippen molar-refractivity contribution in [2.24, 2.45) is 5.92 Å². The number of hydrogen-bond donors (Lipinski definition) is 1. The van der Waals surface area contributed by atoms with Crippen molar-refractivity contribution in [2.75, 3.05) is 19.6 Å². The molecule has 1 heterocycles. The summed E-state index contributed by atoms with van der Waals surface area (Å²) < 4.78 is 5.48. The first-order chi connectivity index (χ1) is 10.3. The molecule has 1 fully saturated rings. The number of unbranched alkanes of at least 4 members (excludes halogenated alkanes) is 3. The van der Waals surface area contributed by atoms with Gasteiger partial charge in [0.15, 0.2) is 0 Å². The van der Waals surface area contributed by atoms with Gasteiger partial charge in [0.2, 0.25) is 0 Å². The Hall–Kier alpha value is -0.800. The summed E-state index contributed by atoms with van der Waals surface area (Å²) in [5, 5.41) is 3.52. The average molecular weight is 292 g/mol. The normalized spacial score (nSPS) is 15.2. The molecule has 2 rings (SSSR count). The standard InChI is InChI=1S/C18H32N2O/c1-16(2)14-19-11-5-3-4-6-12-20(17-9-10-17)15-18-8-7-13-21-18/h7-8,13,16-17,19H,3-6,9-12,14-15H2,1-2H3.